The van der Waals surface area contributed by atoms with E-state index in [4.69, 9.17) is 9.84 Å². The largest absolute Gasteiger partial charge is 0.507 e. The van der Waals surface area contributed by atoms with Crippen LogP contribution in [0.1, 0.15) is 17.2 Å². The minimum absolute atomic E-state index is 0. The first-order chi connectivity index (χ1) is 15.5. The molecule has 168 valence electrons. The van der Waals surface area contributed by atoms with Gasteiger partial charge < -0.3 is 14.9 Å². The summed E-state index contributed by atoms with van der Waals surface area (Å²) in [6, 6.07) is 17.2. The number of ether oxygens (including phenoxy) is 1. The summed E-state index contributed by atoms with van der Waals surface area (Å²) in [5.74, 6) is -2.70. The van der Waals surface area contributed by atoms with Crippen LogP contribution >= 0.6 is 12.4 Å². The number of anilines is 1. The molecule has 0 aliphatic carbocycles. The first-order valence-corrected chi connectivity index (χ1v) is 9.68. The number of amides is 1. The number of nitrogens with zero attached hydrogens (tertiary/aromatic N) is 2. The van der Waals surface area contributed by atoms with E-state index in [0.717, 1.165) is 0 Å². The highest BCUT2D eigenvalue weighted by atomic mass is 35.5. The number of Topliss-reactive ketones (excluding diaryl/α,β-unsaturated/α-hetero) is 1. The number of carbonyl (C=O) groups excluding carboxylic acids is 2. The van der Waals surface area contributed by atoms with Crippen molar-refractivity contribution in [3.8, 4) is 5.75 Å². The number of carboxylic acid groups (broad SMARTS) is 1. The Hall–Kier alpha value is -4.17. The zero-order valence-corrected chi connectivity index (χ0v) is 17.9. The molecular weight excluding hydrogens is 448 g/mol. The smallest absolute Gasteiger partial charge is 0.341 e. The molecule has 1 atom stereocenters. The van der Waals surface area contributed by atoms with Gasteiger partial charge in [-0.1, -0.05) is 36.4 Å². The number of ketones is 1. The van der Waals surface area contributed by atoms with Crippen molar-refractivity contribution in [1.82, 2.24) is 4.98 Å². The predicted molar refractivity (Wildman–Crippen MR) is 122 cm³/mol. The number of benzene rings is 2. The van der Waals surface area contributed by atoms with Crippen LogP contribution in [0.15, 0.2) is 84.7 Å². The Bertz CT molecular complexity index is 1200. The number of pyridine rings is 1. The van der Waals surface area contributed by atoms with Gasteiger partial charge in [0.05, 0.1) is 11.6 Å². The van der Waals surface area contributed by atoms with E-state index in [1.54, 1.807) is 60.8 Å². The van der Waals surface area contributed by atoms with Crippen molar-refractivity contribution in [3.05, 3.63) is 95.8 Å². The number of hydrogen-bond acceptors (Lipinski definition) is 6. The molecule has 4 rings (SSSR count). The number of hydrogen-bond donors (Lipinski definition) is 2. The Morgan fingerprint density at radius 3 is 2.27 bits per heavy atom. The third-order valence-electron chi connectivity index (χ3n) is 4.97. The van der Waals surface area contributed by atoms with Gasteiger partial charge in [0.2, 0.25) is 0 Å². The average Bonchev–Trinajstić information content (AvgIpc) is 3.09. The molecule has 1 aromatic heterocycles. The molecule has 33 heavy (non-hydrogen) atoms. The van der Waals surface area contributed by atoms with Gasteiger partial charge in [-0.25, -0.2) is 4.79 Å². The molecule has 9 heteroatoms. The lowest BCUT2D eigenvalue weighted by Gasteiger charge is -2.25. The van der Waals surface area contributed by atoms with Crippen LogP contribution in [0, 0.1) is 0 Å². The van der Waals surface area contributed by atoms with Gasteiger partial charge in [0, 0.05) is 23.6 Å². The van der Waals surface area contributed by atoms with Crippen molar-refractivity contribution >= 4 is 41.5 Å². The molecule has 2 aromatic carbocycles. The zero-order valence-electron chi connectivity index (χ0n) is 17.1. The number of carboxylic acids is 1. The fraction of sp³-hybridized carbons (Fsp3) is 0.0833. The predicted octanol–water partition coefficient (Wildman–Crippen LogP) is 3.59. The second-order valence-corrected chi connectivity index (χ2v) is 7.00. The molecule has 1 fully saturated rings. The molecule has 0 radical (unpaired) electrons. The molecule has 3 aromatic rings. The fourth-order valence-corrected chi connectivity index (χ4v) is 3.55. The Kier molecular flexibility index (Phi) is 7.10. The number of aliphatic hydroxyl groups is 1. The van der Waals surface area contributed by atoms with E-state index in [2.05, 4.69) is 4.98 Å². The van der Waals surface area contributed by atoms with Crippen molar-refractivity contribution in [3.63, 3.8) is 0 Å². The Labute approximate surface area is 195 Å². The molecule has 0 spiro atoms. The maximum Gasteiger partial charge on any atom is 0.341 e. The van der Waals surface area contributed by atoms with Gasteiger partial charge in [-0.05, 0) is 35.9 Å². The van der Waals surface area contributed by atoms with Crippen molar-refractivity contribution in [2.75, 3.05) is 11.5 Å². The van der Waals surface area contributed by atoms with Crippen LogP contribution in [0.5, 0.6) is 5.75 Å². The first-order valence-electron chi connectivity index (χ1n) is 9.68. The highest BCUT2D eigenvalue weighted by molar-refractivity contribution is 6.51. The minimum atomic E-state index is -1.11. The molecule has 1 unspecified atom stereocenters. The number of aromatic nitrogens is 1. The standard InChI is InChI=1S/C24H18N2O6.ClH/c27-19(28)14-32-18-10-8-17(9-11-18)26-21(16-7-4-12-25-13-16)20(23(30)24(26)31)22(29)15-5-2-1-3-6-15;/h1-13,21,29H,14H2,(H,27,28);1H/b22-20-;. The quantitative estimate of drug-likeness (QED) is 0.324. The first kappa shape index (κ1) is 23.5. The SMILES string of the molecule is Cl.O=C(O)COc1ccc(N2C(=O)C(=O)/C(=C(\O)c3ccccc3)C2c2cccnc2)cc1. The molecule has 1 saturated heterocycles. The lowest BCUT2D eigenvalue weighted by atomic mass is 9.96. The lowest BCUT2D eigenvalue weighted by molar-refractivity contribution is -0.139. The van der Waals surface area contributed by atoms with E-state index < -0.39 is 30.3 Å². The van der Waals surface area contributed by atoms with Crippen LogP contribution in [0.25, 0.3) is 5.76 Å². The van der Waals surface area contributed by atoms with Crippen molar-refractivity contribution in [2.24, 2.45) is 0 Å². The number of aliphatic hydroxyl groups excluding tert-OH is 1. The highest BCUT2D eigenvalue weighted by Crippen LogP contribution is 2.42. The summed E-state index contributed by atoms with van der Waals surface area (Å²) in [4.78, 5) is 42.1. The highest BCUT2D eigenvalue weighted by Gasteiger charge is 2.47. The van der Waals surface area contributed by atoms with Gasteiger partial charge in [0.1, 0.15) is 11.5 Å². The summed E-state index contributed by atoms with van der Waals surface area (Å²) < 4.78 is 5.13. The lowest BCUT2D eigenvalue weighted by Crippen LogP contribution is -2.29. The summed E-state index contributed by atoms with van der Waals surface area (Å²) in [6.45, 7) is -0.503. The van der Waals surface area contributed by atoms with Crippen molar-refractivity contribution in [1.29, 1.82) is 0 Å². The van der Waals surface area contributed by atoms with Crippen LogP contribution in [0.3, 0.4) is 0 Å². The molecule has 2 N–H and O–H groups in total. The summed E-state index contributed by atoms with van der Waals surface area (Å²) in [5, 5.41) is 19.7. The maximum absolute atomic E-state index is 13.0. The van der Waals surface area contributed by atoms with E-state index in [9.17, 15) is 19.5 Å². The topological polar surface area (TPSA) is 117 Å². The number of carbonyl (C=O) groups is 3. The van der Waals surface area contributed by atoms with Crippen LogP contribution < -0.4 is 9.64 Å². The Morgan fingerprint density at radius 1 is 0.970 bits per heavy atom. The molecule has 0 saturated carbocycles. The van der Waals surface area contributed by atoms with Crippen molar-refractivity contribution < 1.29 is 29.3 Å². The summed E-state index contributed by atoms with van der Waals surface area (Å²) >= 11 is 0. The second-order valence-electron chi connectivity index (χ2n) is 7.00. The van der Waals surface area contributed by atoms with Gasteiger partial charge in [-0.15, -0.1) is 12.4 Å². The molecule has 1 amide bonds. The molecule has 0 bridgehead atoms. The normalized spacial score (nSPS) is 16.8. The van der Waals surface area contributed by atoms with E-state index in [0.29, 0.717) is 22.6 Å². The molecule has 1 aliphatic heterocycles. The summed E-state index contributed by atoms with van der Waals surface area (Å²) in [5.41, 5.74) is 1.31. The summed E-state index contributed by atoms with van der Waals surface area (Å²) in [7, 11) is 0. The fourth-order valence-electron chi connectivity index (χ4n) is 3.55. The monoisotopic (exact) mass is 466 g/mol. The van der Waals surface area contributed by atoms with Gasteiger partial charge >= 0.3 is 5.97 Å². The van der Waals surface area contributed by atoms with Crippen LogP contribution in [0.2, 0.25) is 0 Å². The van der Waals surface area contributed by atoms with E-state index in [1.165, 1.54) is 23.2 Å². The zero-order chi connectivity index (χ0) is 22.7. The van der Waals surface area contributed by atoms with Gasteiger partial charge in [0.15, 0.2) is 6.61 Å². The van der Waals surface area contributed by atoms with E-state index in [-0.39, 0.29) is 23.7 Å². The Morgan fingerprint density at radius 2 is 1.67 bits per heavy atom. The maximum atomic E-state index is 13.0. The third kappa shape index (κ3) is 4.70. The van der Waals surface area contributed by atoms with Crippen LogP contribution in [-0.2, 0) is 14.4 Å². The molecule has 8 nitrogen and oxygen atoms in total. The van der Waals surface area contributed by atoms with Crippen LogP contribution in [0.4, 0.5) is 5.69 Å². The van der Waals surface area contributed by atoms with Crippen LogP contribution in [-0.4, -0.2) is 39.5 Å². The number of rotatable bonds is 6. The van der Waals surface area contributed by atoms with E-state index in [1.807, 2.05) is 0 Å². The van der Waals surface area contributed by atoms with Gasteiger partial charge in [-0.3, -0.25) is 19.5 Å². The third-order valence-corrected chi connectivity index (χ3v) is 4.97. The van der Waals surface area contributed by atoms with E-state index >= 15 is 0 Å². The average molecular weight is 467 g/mol. The molecule has 2 heterocycles. The van der Waals surface area contributed by atoms with Gasteiger partial charge in [-0.2, -0.15) is 0 Å². The minimum Gasteiger partial charge on any atom is -0.507 e. The second kappa shape index (κ2) is 9.97. The molecular formula is C24H19ClN2O6. The number of halogens is 1. The number of aliphatic carboxylic acids is 1. The van der Waals surface area contributed by atoms with Gasteiger partial charge in [0.25, 0.3) is 11.7 Å². The Balaban J connectivity index is 0.00000306. The molecule has 1 aliphatic rings. The summed E-state index contributed by atoms with van der Waals surface area (Å²) in [6.07, 6.45) is 3.10. The van der Waals surface area contributed by atoms with Crippen molar-refractivity contribution in [2.45, 2.75) is 6.04 Å².